The summed E-state index contributed by atoms with van der Waals surface area (Å²) in [5.41, 5.74) is 7.88. The minimum Gasteiger partial charge on any atom is -0.494 e. The van der Waals surface area contributed by atoms with Gasteiger partial charge in [0, 0.05) is 24.8 Å². The van der Waals surface area contributed by atoms with Crippen LogP contribution in [0.2, 0.25) is 0 Å². The van der Waals surface area contributed by atoms with Crippen LogP contribution in [0.1, 0.15) is 27.3 Å². The van der Waals surface area contributed by atoms with Crippen molar-refractivity contribution in [2.75, 3.05) is 14.2 Å². The van der Waals surface area contributed by atoms with Gasteiger partial charge in [-0.15, -0.1) is 5.10 Å². The molecular weight excluding hydrogens is 339 g/mol. The predicted octanol–water partition coefficient (Wildman–Crippen LogP) is 0.894. The first-order valence-corrected chi connectivity index (χ1v) is 7.72. The number of nitrogens with two attached hydrogens (primary N) is 2. The third kappa shape index (κ3) is 4.90. The Morgan fingerprint density at radius 1 is 1.38 bits per heavy atom. The summed E-state index contributed by atoms with van der Waals surface area (Å²) in [7, 11) is 2.91. The molecule has 5 N–H and O–H groups in total. The molecule has 2 aromatic rings. The van der Waals surface area contributed by atoms with Gasteiger partial charge in [-0.2, -0.15) is 0 Å². The number of benzene rings is 1. The van der Waals surface area contributed by atoms with Crippen LogP contribution in [0.25, 0.3) is 0 Å². The monoisotopic (exact) mass is 360 g/mol. The molecule has 0 saturated carbocycles. The standard InChI is InChI=1S/C17H21FN6O2/c1-10-6-12(16(19)23-24(2)20)8-14(22-10)17(25)21-9-11-4-5-13(18)15(7-11)26-3/h4-8H,9,20H2,1-3H3,(H2,19,23)(H,21,25). The summed E-state index contributed by atoms with van der Waals surface area (Å²) in [5, 5.41) is 7.71. The number of carbonyl (C=O) groups excluding carboxylic acids is 1. The van der Waals surface area contributed by atoms with Crippen LogP contribution in [0.5, 0.6) is 5.75 Å². The molecule has 0 aliphatic rings. The van der Waals surface area contributed by atoms with Crippen LogP contribution < -0.4 is 21.6 Å². The lowest BCUT2D eigenvalue weighted by Crippen LogP contribution is -2.27. The molecule has 1 aromatic carbocycles. The zero-order valence-corrected chi connectivity index (χ0v) is 14.8. The molecule has 9 heteroatoms. The number of aromatic nitrogens is 1. The number of amidine groups is 1. The number of hydrogen-bond acceptors (Lipinski definition) is 6. The SMILES string of the molecule is COc1cc(CNC(=O)c2cc(/C(N)=N/N(C)N)cc(C)n2)ccc1F. The number of ether oxygens (including phenoxy) is 1. The number of nitrogens with zero attached hydrogens (tertiary/aromatic N) is 3. The predicted molar refractivity (Wildman–Crippen MR) is 95.8 cm³/mol. The van der Waals surface area contributed by atoms with E-state index < -0.39 is 11.7 Å². The number of carbonyl (C=O) groups is 1. The second-order valence-corrected chi connectivity index (χ2v) is 5.59. The van der Waals surface area contributed by atoms with Crippen LogP contribution in [0, 0.1) is 12.7 Å². The maximum atomic E-state index is 13.4. The van der Waals surface area contributed by atoms with Crippen molar-refractivity contribution in [1.29, 1.82) is 0 Å². The van der Waals surface area contributed by atoms with Crippen LogP contribution in [0.4, 0.5) is 4.39 Å². The molecule has 26 heavy (non-hydrogen) atoms. The second kappa shape index (κ2) is 8.26. The van der Waals surface area contributed by atoms with Crippen molar-refractivity contribution in [3.63, 3.8) is 0 Å². The first-order chi connectivity index (χ1) is 12.3. The lowest BCUT2D eigenvalue weighted by molar-refractivity contribution is 0.0945. The van der Waals surface area contributed by atoms with Gasteiger partial charge in [0.25, 0.3) is 5.91 Å². The quantitative estimate of drug-likeness (QED) is 0.305. The molecular formula is C17H21FN6O2. The fraction of sp³-hybridized carbons (Fsp3) is 0.235. The first kappa shape index (κ1) is 19.1. The number of aryl methyl sites for hydroxylation is 1. The van der Waals surface area contributed by atoms with Crippen molar-refractivity contribution in [3.8, 4) is 5.75 Å². The Labute approximate surface area is 150 Å². The third-order valence-electron chi connectivity index (χ3n) is 3.42. The van der Waals surface area contributed by atoms with Crippen LogP contribution in [0.15, 0.2) is 35.4 Å². The number of hydrazine groups is 1. The van der Waals surface area contributed by atoms with E-state index in [1.165, 1.54) is 32.4 Å². The largest absolute Gasteiger partial charge is 0.494 e. The van der Waals surface area contributed by atoms with Crippen molar-refractivity contribution in [2.45, 2.75) is 13.5 Å². The number of nitrogens with one attached hydrogen (secondary N) is 1. The van der Waals surface area contributed by atoms with Gasteiger partial charge in [-0.25, -0.2) is 20.3 Å². The molecule has 8 nitrogen and oxygen atoms in total. The van der Waals surface area contributed by atoms with Gasteiger partial charge in [0.1, 0.15) is 5.69 Å². The Bertz CT molecular complexity index is 838. The molecule has 0 unspecified atom stereocenters. The lowest BCUT2D eigenvalue weighted by atomic mass is 10.1. The summed E-state index contributed by atoms with van der Waals surface area (Å²) in [6.07, 6.45) is 0. The van der Waals surface area contributed by atoms with E-state index in [4.69, 9.17) is 16.3 Å². The number of amides is 1. The highest BCUT2D eigenvalue weighted by molar-refractivity contribution is 6.00. The van der Waals surface area contributed by atoms with Gasteiger partial charge < -0.3 is 15.8 Å². The molecule has 1 aromatic heterocycles. The average molecular weight is 360 g/mol. The molecule has 0 saturated heterocycles. The minimum absolute atomic E-state index is 0.114. The highest BCUT2D eigenvalue weighted by atomic mass is 19.1. The molecule has 0 spiro atoms. The van der Waals surface area contributed by atoms with E-state index >= 15 is 0 Å². The molecule has 1 amide bonds. The fourth-order valence-electron chi connectivity index (χ4n) is 2.25. The Hall–Kier alpha value is -3.20. The van der Waals surface area contributed by atoms with Gasteiger partial charge in [0.05, 0.1) is 7.11 Å². The normalized spacial score (nSPS) is 11.2. The molecule has 0 radical (unpaired) electrons. The van der Waals surface area contributed by atoms with Gasteiger partial charge in [-0.05, 0) is 36.8 Å². The van der Waals surface area contributed by atoms with Crippen molar-refractivity contribution >= 4 is 11.7 Å². The first-order valence-electron chi connectivity index (χ1n) is 7.72. The highest BCUT2D eigenvalue weighted by Gasteiger charge is 2.12. The highest BCUT2D eigenvalue weighted by Crippen LogP contribution is 2.18. The summed E-state index contributed by atoms with van der Waals surface area (Å²) >= 11 is 0. The number of rotatable bonds is 6. The van der Waals surface area contributed by atoms with E-state index in [2.05, 4.69) is 15.4 Å². The van der Waals surface area contributed by atoms with E-state index in [9.17, 15) is 9.18 Å². The number of hydrogen-bond donors (Lipinski definition) is 3. The lowest BCUT2D eigenvalue weighted by Gasteiger charge is -2.10. The van der Waals surface area contributed by atoms with Crippen LogP contribution in [0.3, 0.4) is 0 Å². The fourth-order valence-corrected chi connectivity index (χ4v) is 2.25. The van der Waals surface area contributed by atoms with Crippen molar-refractivity contribution in [2.24, 2.45) is 16.7 Å². The zero-order valence-electron chi connectivity index (χ0n) is 14.8. The number of methoxy groups -OCH3 is 1. The number of pyridine rings is 1. The van der Waals surface area contributed by atoms with Crippen molar-refractivity contribution < 1.29 is 13.9 Å². The molecule has 2 rings (SSSR count). The van der Waals surface area contributed by atoms with E-state index in [1.54, 1.807) is 19.1 Å². The smallest absolute Gasteiger partial charge is 0.270 e. The van der Waals surface area contributed by atoms with Gasteiger partial charge in [0.15, 0.2) is 17.4 Å². The van der Waals surface area contributed by atoms with Gasteiger partial charge in [0.2, 0.25) is 0 Å². The molecule has 0 fully saturated rings. The molecule has 0 atom stereocenters. The van der Waals surface area contributed by atoms with Gasteiger partial charge in [-0.3, -0.25) is 4.79 Å². The maximum absolute atomic E-state index is 13.4. The van der Waals surface area contributed by atoms with E-state index in [-0.39, 0.29) is 23.8 Å². The molecule has 0 bridgehead atoms. The maximum Gasteiger partial charge on any atom is 0.270 e. The summed E-state index contributed by atoms with van der Waals surface area (Å²) < 4.78 is 18.4. The summed E-state index contributed by atoms with van der Waals surface area (Å²) in [6, 6.07) is 7.59. The Morgan fingerprint density at radius 2 is 2.12 bits per heavy atom. The van der Waals surface area contributed by atoms with E-state index in [1.807, 2.05) is 0 Å². The molecule has 138 valence electrons. The van der Waals surface area contributed by atoms with Gasteiger partial charge >= 0.3 is 0 Å². The van der Waals surface area contributed by atoms with Crippen molar-refractivity contribution in [3.05, 3.63) is 58.7 Å². The second-order valence-electron chi connectivity index (χ2n) is 5.59. The minimum atomic E-state index is -0.466. The Kier molecular flexibility index (Phi) is 6.07. The number of hydrazone groups is 1. The van der Waals surface area contributed by atoms with E-state index in [0.717, 1.165) is 5.12 Å². The van der Waals surface area contributed by atoms with Gasteiger partial charge in [-0.1, -0.05) is 6.07 Å². The van der Waals surface area contributed by atoms with E-state index in [0.29, 0.717) is 16.8 Å². The van der Waals surface area contributed by atoms with Crippen LogP contribution >= 0.6 is 0 Å². The summed E-state index contributed by atoms with van der Waals surface area (Å²) in [4.78, 5) is 16.6. The van der Waals surface area contributed by atoms with Crippen molar-refractivity contribution in [1.82, 2.24) is 15.4 Å². The zero-order chi connectivity index (χ0) is 19.3. The molecule has 0 aliphatic heterocycles. The van der Waals surface area contributed by atoms with Crippen LogP contribution in [-0.2, 0) is 6.54 Å². The Morgan fingerprint density at radius 3 is 2.77 bits per heavy atom. The average Bonchev–Trinajstić information content (AvgIpc) is 2.59. The summed E-state index contributed by atoms with van der Waals surface area (Å²) in [5.74, 6) is 4.86. The van der Waals surface area contributed by atoms with Crippen LogP contribution in [-0.4, -0.2) is 36.0 Å². The summed E-state index contributed by atoms with van der Waals surface area (Å²) in [6.45, 7) is 1.93. The third-order valence-corrected chi connectivity index (χ3v) is 3.42. The molecule has 1 heterocycles. The topological polar surface area (TPSA) is 119 Å². The molecule has 0 aliphatic carbocycles. The number of halogens is 1. The Balaban J connectivity index is 2.16.